The van der Waals surface area contributed by atoms with Crippen molar-refractivity contribution in [3.8, 4) is 5.75 Å². The third-order valence-corrected chi connectivity index (χ3v) is 6.20. The van der Waals surface area contributed by atoms with Crippen molar-refractivity contribution >= 4 is 17.2 Å². The number of amides is 1. The lowest BCUT2D eigenvalue weighted by atomic mass is 9.82. The molecule has 5 heteroatoms. The average molecular weight is 357 g/mol. The van der Waals surface area contributed by atoms with Gasteiger partial charge in [0.15, 0.2) is 0 Å². The normalized spacial score (nSPS) is 18.8. The Morgan fingerprint density at radius 1 is 1.28 bits per heavy atom. The van der Waals surface area contributed by atoms with Gasteiger partial charge >= 0.3 is 0 Å². The topological polar surface area (TPSA) is 38.8 Å². The van der Waals surface area contributed by atoms with Crippen LogP contribution in [0.5, 0.6) is 5.75 Å². The van der Waals surface area contributed by atoms with Crippen LogP contribution < -0.4 is 4.74 Å². The van der Waals surface area contributed by atoms with Crippen LogP contribution in [0, 0.1) is 0 Å². The van der Waals surface area contributed by atoms with Crippen LogP contribution in [0.15, 0.2) is 35.7 Å². The van der Waals surface area contributed by atoms with Gasteiger partial charge in [0.25, 0.3) is 5.91 Å². The van der Waals surface area contributed by atoms with Crippen LogP contribution in [0.1, 0.15) is 40.6 Å². The van der Waals surface area contributed by atoms with E-state index in [2.05, 4.69) is 11.4 Å². The van der Waals surface area contributed by atoms with Gasteiger partial charge in [-0.15, -0.1) is 11.3 Å². The second-order valence-corrected chi connectivity index (χ2v) is 7.57. The molecule has 1 fully saturated rings. The van der Waals surface area contributed by atoms with E-state index in [1.54, 1.807) is 0 Å². The van der Waals surface area contributed by atoms with Crippen molar-refractivity contribution in [2.45, 2.75) is 31.8 Å². The minimum absolute atomic E-state index is 0.0558. The van der Waals surface area contributed by atoms with Crippen LogP contribution in [0.25, 0.3) is 0 Å². The first-order valence-corrected chi connectivity index (χ1v) is 9.83. The molecule has 1 aromatic heterocycles. The summed E-state index contributed by atoms with van der Waals surface area (Å²) in [6.07, 6.45) is 2.73. The number of carbonyl (C=O) groups excluding carboxylic acids is 1. The fourth-order valence-corrected chi connectivity index (χ4v) is 4.89. The predicted octanol–water partition coefficient (Wildman–Crippen LogP) is 3.85. The lowest BCUT2D eigenvalue weighted by Gasteiger charge is -2.44. The zero-order chi connectivity index (χ0) is 17.3. The zero-order valence-corrected chi connectivity index (χ0v) is 15.3. The molecule has 1 amide bonds. The maximum Gasteiger partial charge on any atom is 0.257 e. The standard InChI is InChI=1S/C20H23NO3S/c1-2-23-17-6-4-3-5-15(17)19(22)21-11-9-20(10-12-21)16-8-14-25-18(16)7-13-24-20/h3-6,8,14H,2,7,9-13H2,1H3. The van der Waals surface area contributed by atoms with Crippen molar-refractivity contribution in [3.05, 3.63) is 51.7 Å². The Kier molecular flexibility index (Phi) is 4.52. The summed E-state index contributed by atoms with van der Waals surface area (Å²) in [6, 6.07) is 9.72. The molecule has 2 aromatic rings. The summed E-state index contributed by atoms with van der Waals surface area (Å²) >= 11 is 1.83. The molecule has 4 nitrogen and oxygen atoms in total. The molecule has 132 valence electrons. The highest BCUT2D eigenvalue weighted by Gasteiger charge is 2.42. The second kappa shape index (κ2) is 6.81. The lowest BCUT2D eigenvalue weighted by molar-refractivity contribution is -0.0926. The van der Waals surface area contributed by atoms with Crippen molar-refractivity contribution in [1.29, 1.82) is 0 Å². The third-order valence-electron chi connectivity index (χ3n) is 5.22. The number of nitrogens with zero attached hydrogens (tertiary/aromatic N) is 1. The molecule has 25 heavy (non-hydrogen) atoms. The van der Waals surface area contributed by atoms with Gasteiger partial charge in [0.1, 0.15) is 5.75 Å². The maximum atomic E-state index is 13.0. The van der Waals surface area contributed by atoms with E-state index < -0.39 is 0 Å². The van der Waals surface area contributed by atoms with Gasteiger partial charge in [-0.05, 0) is 48.9 Å². The molecule has 0 aliphatic carbocycles. The number of benzene rings is 1. The Balaban J connectivity index is 1.51. The van der Waals surface area contributed by atoms with Gasteiger partial charge in [0.05, 0.1) is 24.4 Å². The highest BCUT2D eigenvalue weighted by molar-refractivity contribution is 7.10. The molecule has 0 unspecified atom stereocenters. The number of rotatable bonds is 3. The molecule has 0 bridgehead atoms. The van der Waals surface area contributed by atoms with E-state index in [0.717, 1.165) is 25.9 Å². The van der Waals surface area contributed by atoms with Gasteiger partial charge in [0, 0.05) is 24.4 Å². The van der Waals surface area contributed by atoms with Gasteiger partial charge in [0.2, 0.25) is 0 Å². The summed E-state index contributed by atoms with van der Waals surface area (Å²) in [6.45, 7) is 4.71. The maximum absolute atomic E-state index is 13.0. The van der Waals surface area contributed by atoms with Gasteiger partial charge in [-0.1, -0.05) is 12.1 Å². The summed E-state index contributed by atoms with van der Waals surface area (Å²) in [5.74, 6) is 0.726. The number of para-hydroxylation sites is 1. The number of hydrogen-bond acceptors (Lipinski definition) is 4. The van der Waals surface area contributed by atoms with E-state index in [0.29, 0.717) is 31.0 Å². The van der Waals surface area contributed by atoms with Crippen LogP contribution in [-0.2, 0) is 16.8 Å². The summed E-state index contributed by atoms with van der Waals surface area (Å²) in [5.41, 5.74) is 1.82. The summed E-state index contributed by atoms with van der Waals surface area (Å²) in [7, 11) is 0. The van der Waals surface area contributed by atoms with Crippen LogP contribution >= 0.6 is 11.3 Å². The number of piperidine rings is 1. The molecule has 1 aromatic carbocycles. The van der Waals surface area contributed by atoms with E-state index in [9.17, 15) is 4.79 Å². The van der Waals surface area contributed by atoms with E-state index in [4.69, 9.17) is 9.47 Å². The molecular weight excluding hydrogens is 334 g/mol. The number of likely N-dealkylation sites (tertiary alicyclic amines) is 1. The first-order chi connectivity index (χ1) is 12.2. The van der Waals surface area contributed by atoms with E-state index in [-0.39, 0.29) is 11.5 Å². The quantitative estimate of drug-likeness (QED) is 0.837. The molecule has 0 atom stereocenters. The van der Waals surface area contributed by atoms with Crippen LogP contribution in [0.4, 0.5) is 0 Å². The fourth-order valence-electron chi connectivity index (χ4n) is 3.94. The molecule has 1 spiro atoms. The molecule has 2 aliphatic rings. The Morgan fingerprint density at radius 2 is 2.08 bits per heavy atom. The number of ether oxygens (including phenoxy) is 2. The highest BCUT2D eigenvalue weighted by atomic mass is 32.1. The zero-order valence-electron chi connectivity index (χ0n) is 14.5. The molecule has 2 aliphatic heterocycles. The first-order valence-electron chi connectivity index (χ1n) is 8.95. The summed E-state index contributed by atoms with van der Waals surface area (Å²) < 4.78 is 11.9. The minimum atomic E-state index is -0.191. The molecule has 0 radical (unpaired) electrons. The van der Waals surface area contributed by atoms with E-state index in [1.165, 1.54) is 10.4 Å². The van der Waals surface area contributed by atoms with Crippen molar-refractivity contribution < 1.29 is 14.3 Å². The van der Waals surface area contributed by atoms with E-state index >= 15 is 0 Å². The average Bonchev–Trinajstić information content (AvgIpc) is 3.13. The van der Waals surface area contributed by atoms with Crippen molar-refractivity contribution in [2.24, 2.45) is 0 Å². The van der Waals surface area contributed by atoms with Crippen LogP contribution in [0.2, 0.25) is 0 Å². The number of fused-ring (bicyclic) bond motifs is 2. The predicted molar refractivity (Wildman–Crippen MR) is 98.4 cm³/mol. The first kappa shape index (κ1) is 16.6. The molecular formula is C20H23NO3S. The summed E-state index contributed by atoms with van der Waals surface area (Å²) in [4.78, 5) is 16.4. The van der Waals surface area contributed by atoms with Crippen molar-refractivity contribution in [2.75, 3.05) is 26.3 Å². The lowest BCUT2D eigenvalue weighted by Crippen LogP contribution is -2.48. The number of carbonyl (C=O) groups is 1. The van der Waals surface area contributed by atoms with Crippen LogP contribution in [0.3, 0.4) is 0 Å². The molecule has 0 N–H and O–H groups in total. The third kappa shape index (κ3) is 2.96. The molecule has 1 saturated heterocycles. The Labute approximate surface area is 152 Å². The highest BCUT2D eigenvalue weighted by Crippen LogP contribution is 2.43. The molecule has 3 heterocycles. The molecule has 0 saturated carbocycles. The Bertz CT molecular complexity index is 762. The van der Waals surface area contributed by atoms with Crippen LogP contribution in [-0.4, -0.2) is 37.1 Å². The SMILES string of the molecule is CCOc1ccccc1C(=O)N1CCC2(CC1)OCCc1sccc12. The Morgan fingerprint density at radius 3 is 2.88 bits per heavy atom. The smallest absolute Gasteiger partial charge is 0.257 e. The largest absolute Gasteiger partial charge is 0.493 e. The second-order valence-electron chi connectivity index (χ2n) is 6.57. The molecule has 4 rings (SSSR count). The van der Waals surface area contributed by atoms with Gasteiger partial charge < -0.3 is 14.4 Å². The van der Waals surface area contributed by atoms with Gasteiger partial charge in [-0.2, -0.15) is 0 Å². The summed E-state index contributed by atoms with van der Waals surface area (Å²) in [5, 5.41) is 2.16. The van der Waals surface area contributed by atoms with Crippen molar-refractivity contribution in [1.82, 2.24) is 4.90 Å². The Hall–Kier alpha value is -1.85. The fraction of sp³-hybridized carbons (Fsp3) is 0.450. The van der Waals surface area contributed by atoms with E-state index in [1.807, 2.05) is 47.4 Å². The van der Waals surface area contributed by atoms with Gasteiger partial charge in [-0.25, -0.2) is 0 Å². The number of hydrogen-bond donors (Lipinski definition) is 0. The minimum Gasteiger partial charge on any atom is -0.493 e. The number of thiophene rings is 1. The van der Waals surface area contributed by atoms with Crippen molar-refractivity contribution in [3.63, 3.8) is 0 Å². The monoisotopic (exact) mass is 357 g/mol. The van der Waals surface area contributed by atoms with Gasteiger partial charge in [-0.3, -0.25) is 4.79 Å².